The minimum Gasteiger partial charge on any atom is -0.756 e. The van der Waals surface area contributed by atoms with E-state index in [-0.39, 0.29) is 19.6 Å². The number of quaternary nitrogens is 1. The van der Waals surface area contributed by atoms with Gasteiger partial charge >= 0.3 is 11.9 Å². The molecule has 10 heteroatoms. The first-order chi connectivity index (χ1) is 27.0. The number of nitrogens with zero attached hydrogens (tertiary/aromatic N) is 1. The number of allylic oxidation sites excluding steroid dienone is 11. The zero-order valence-electron chi connectivity index (χ0n) is 36.1. The van der Waals surface area contributed by atoms with Crippen LogP contribution in [0.25, 0.3) is 0 Å². The van der Waals surface area contributed by atoms with Crippen molar-refractivity contribution >= 4 is 19.8 Å². The van der Waals surface area contributed by atoms with Gasteiger partial charge in [-0.05, 0) is 19.3 Å². The van der Waals surface area contributed by atoms with Crippen molar-refractivity contribution in [1.82, 2.24) is 0 Å². The van der Waals surface area contributed by atoms with Gasteiger partial charge in [0.2, 0.25) is 0 Å². The summed E-state index contributed by atoms with van der Waals surface area (Å²) in [6.07, 6.45) is 47.2. The molecule has 0 saturated carbocycles. The number of phosphoric acid groups is 1. The Morgan fingerprint density at radius 1 is 0.589 bits per heavy atom. The second-order valence-electron chi connectivity index (χ2n) is 15.6. The smallest absolute Gasteiger partial charge is 0.331 e. The fourth-order valence-corrected chi connectivity index (χ4v) is 6.27. The third kappa shape index (κ3) is 41.1. The van der Waals surface area contributed by atoms with E-state index in [9.17, 15) is 19.0 Å². The van der Waals surface area contributed by atoms with Gasteiger partial charge in [-0.1, -0.05) is 196 Å². The van der Waals surface area contributed by atoms with E-state index < -0.39 is 32.5 Å². The minimum absolute atomic E-state index is 0.0599. The van der Waals surface area contributed by atoms with Crippen molar-refractivity contribution in [3.05, 3.63) is 72.9 Å². The van der Waals surface area contributed by atoms with Crippen LogP contribution < -0.4 is 4.89 Å². The molecule has 0 aliphatic carbocycles. The third-order valence-corrected chi connectivity index (χ3v) is 9.93. The standard InChI is InChI=1S/C46H80NO8P/c1-6-8-10-12-14-16-18-20-21-22-23-24-25-27-29-31-33-35-37-39-46(49)55-44(43-54-56(50,51)53-41-40-47(3,4)5)42-52-45(48)38-36-34-32-30-28-26-19-17-15-13-11-9-7-2/h21-25,27,29,31,33,35,37,39,44H,6-20,26,28,30,32,34,36,38,40-43H2,1-5H3/b22-21+,24-23+,27-25+,31-29+,35-33+,39-37+. The number of hydrogen-bond acceptors (Lipinski definition) is 8. The van der Waals surface area contributed by atoms with Crippen molar-refractivity contribution in [3.63, 3.8) is 0 Å². The van der Waals surface area contributed by atoms with Crippen LogP contribution in [0.15, 0.2) is 72.9 Å². The molecule has 9 nitrogen and oxygen atoms in total. The fourth-order valence-electron chi connectivity index (χ4n) is 5.54. The summed E-state index contributed by atoms with van der Waals surface area (Å²) < 4.78 is 33.6. The maximum atomic E-state index is 12.5. The summed E-state index contributed by atoms with van der Waals surface area (Å²) in [7, 11) is 1.07. The fraction of sp³-hybridized carbons (Fsp3) is 0.696. The molecule has 0 aromatic heterocycles. The Bertz CT molecular complexity index is 1180. The quantitative estimate of drug-likeness (QED) is 0.0151. The lowest BCUT2D eigenvalue weighted by Crippen LogP contribution is -2.37. The highest BCUT2D eigenvalue weighted by atomic mass is 31.2. The van der Waals surface area contributed by atoms with Crippen LogP contribution in [0.4, 0.5) is 0 Å². The SMILES string of the molecule is CCCCCCCCC/C=C/C=C/C=C/C=C/C=C/C=C/C(=O)OC(COC(=O)CCCCCCCCCCCCCCC)COP(=O)([O-])OCC[N+](C)(C)C. The van der Waals surface area contributed by atoms with Gasteiger partial charge in [-0.15, -0.1) is 0 Å². The first kappa shape index (κ1) is 53.5. The predicted octanol–water partition coefficient (Wildman–Crippen LogP) is 11.6. The van der Waals surface area contributed by atoms with Gasteiger partial charge < -0.3 is 27.9 Å². The molecule has 0 saturated heterocycles. The first-order valence-corrected chi connectivity index (χ1v) is 23.2. The molecule has 0 spiro atoms. The Balaban J connectivity index is 4.64. The van der Waals surface area contributed by atoms with Gasteiger partial charge in [0.25, 0.3) is 7.82 Å². The number of carbonyl (C=O) groups excluding carboxylic acids is 2. The molecule has 0 aromatic carbocycles. The van der Waals surface area contributed by atoms with Crippen LogP contribution in [0.2, 0.25) is 0 Å². The molecule has 0 amide bonds. The molecule has 0 N–H and O–H groups in total. The Morgan fingerprint density at radius 2 is 1.04 bits per heavy atom. The van der Waals surface area contributed by atoms with Gasteiger partial charge in [-0.2, -0.15) is 0 Å². The number of carbonyl (C=O) groups is 2. The van der Waals surface area contributed by atoms with Gasteiger partial charge in [0.1, 0.15) is 19.8 Å². The van der Waals surface area contributed by atoms with Crippen LogP contribution in [0.3, 0.4) is 0 Å². The van der Waals surface area contributed by atoms with Crippen LogP contribution in [0, 0.1) is 0 Å². The molecule has 0 bridgehead atoms. The van der Waals surface area contributed by atoms with Crippen molar-refractivity contribution in [3.8, 4) is 0 Å². The van der Waals surface area contributed by atoms with Crippen molar-refractivity contribution in [1.29, 1.82) is 0 Å². The molecule has 0 rings (SSSR count). The number of ether oxygens (including phenoxy) is 2. The molecule has 2 unspecified atom stereocenters. The van der Waals surface area contributed by atoms with E-state index in [1.54, 1.807) is 12.2 Å². The molecule has 0 radical (unpaired) electrons. The molecule has 0 aromatic rings. The van der Waals surface area contributed by atoms with E-state index in [2.05, 4.69) is 26.0 Å². The number of phosphoric ester groups is 1. The zero-order valence-corrected chi connectivity index (χ0v) is 36.9. The van der Waals surface area contributed by atoms with Gasteiger partial charge in [0.05, 0.1) is 27.7 Å². The number of hydrogen-bond donors (Lipinski definition) is 0. The van der Waals surface area contributed by atoms with Crippen LogP contribution >= 0.6 is 7.82 Å². The van der Waals surface area contributed by atoms with Crippen LogP contribution in [0.1, 0.15) is 155 Å². The average molecular weight is 806 g/mol. The number of likely N-dealkylation sites (N-methyl/N-ethyl adjacent to an activating group) is 1. The second kappa shape index (κ2) is 38.0. The van der Waals surface area contributed by atoms with E-state index >= 15 is 0 Å². The molecule has 0 aliphatic rings. The minimum atomic E-state index is -4.67. The summed E-state index contributed by atoms with van der Waals surface area (Å²) in [6, 6.07) is 0. The van der Waals surface area contributed by atoms with Gasteiger partial charge in [-0.3, -0.25) is 9.36 Å². The number of unbranched alkanes of at least 4 members (excludes halogenated alkanes) is 19. The van der Waals surface area contributed by atoms with E-state index in [0.29, 0.717) is 17.4 Å². The highest BCUT2D eigenvalue weighted by Crippen LogP contribution is 2.38. The topological polar surface area (TPSA) is 111 Å². The normalized spacial score (nSPS) is 14.3. The Morgan fingerprint density at radius 3 is 1.54 bits per heavy atom. The number of rotatable bonds is 38. The summed E-state index contributed by atoms with van der Waals surface area (Å²) in [4.78, 5) is 37.3. The number of esters is 2. The van der Waals surface area contributed by atoms with Crippen molar-refractivity contribution in [2.24, 2.45) is 0 Å². The molecule has 56 heavy (non-hydrogen) atoms. The Hall–Kier alpha value is -2.55. The Labute approximate surface area is 342 Å². The summed E-state index contributed by atoms with van der Waals surface area (Å²) in [6.45, 7) is 4.01. The van der Waals surface area contributed by atoms with Gasteiger partial charge in [0.15, 0.2) is 6.10 Å². The lowest BCUT2D eigenvalue weighted by atomic mass is 10.0. The van der Waals surface area contributed by atoms with Crippen molar-refractivity contribution < 1.29 is 42.1 Å². The maximum Gasteiger partial charge on any atom is 0.331 e. The second-order valence-corrected chi connectivity index (χ2v) is 17.0. The third-order valence-electron chi connectivity index (χ3n) is 8.97. The summed E-state index contributed by atoms with van der Waals surface area (Å²) >= 11 is 0. The highest BCUT2D eigenvalue weighted by molar-refractivity contribution is 7.45. The highest BCUT2D eigenvalue weighted by Gasteiger charge is 2.21. The maximum absolute atomic E-state index is 12.5. The van der Waals surface area contributed by atoms with Gasteiger partial charge in [0, 0.05) is 12.5 Å². The van der Waals surface area contributed by atoms with E-state index in [0.717, 1.165) is 25.7 Å². The summed E-state index contributed by atoms with van der Waals surface area (Å²) in [5.74, 6) is -1.15. The largest absolute Gasteiger partial charge is 0.756 e. The molecular weight excluding hydrogens is 725 g/mol. The molecular formula is C46H80NO8P. The van der Waals surface area contributed by atoms with Crippen LogP contribution in [-0.4, -0.2) is 70.0 Å². The average Bonchev–Trinajstić information content (AvgIpc) is 3.15. The lowest BCUT2D eigenvalue weighted by molar-refractivity contribution is -0.870. The molecule has 0 fully saturated rings. The summed E-state index contributed by atoms with van der Waals surface area (Å²) in [5, 5.41) is 0. The monoisotopic (exact) mass is 806 g/mol. The first-order valence-electron chi connectivity index (χ1n) is 21.8. The van der Waals surface area contributed by atoms with Crippen LogP contribution in [-0.2, 0) is 32.7 Å². The van der Waals surface area contributed by atoms with Crippen LogP contribution in [0.5, 0.6) is 0 Å². The lowest BCUT2D eigenvalue weighted by Gasteiger charge is -2.28. The predicted molar refractivity (Wildman–Crippen MR) is 231 cm³/mol. The zero-order chi connectivity index (χ0) is 41.4. The van der Waals surface area contributed by atoms with E-state index in [4.69, 9.17) is 18.5 Å². The molecule has 0 heterocycles. The van der Waals surface area contributed by atoms with E-state index in [1.165, 1.54) is 115 Å². The van der Waals surface area contributed by atoms with Crippen molar-refractivity contribution in [2.45, 2.75) is 161 Å². The van der Waals surface area contributed by atoms with Gasteiger partial charge in [-0.25, -0.2) is 4.79 Å². The van der Waals surface area contributed by atoms with E-state index in [1.807, 2.05) is 57.6 Å². The molecule has 2 atom stereocenters. The molecule has 0 aliphatic heterocycles. The summed E-state index contributed by atoms with van der Waals surface area (Å²) in [5.41, 5.74) is 0. The van der Waals surface area contributed by atoms with Crippen molar-refractivity contribution in [2.75, 3.05) is 47.5 Å². The Kier molecular flexibility index (Phi) is 36.3. The molecule has 322 valence electrons.